The summed E-state index contributed by atoms with van der Waals surface area (Å²) in [5.74, 6) is 0. The van der Waals surface area contributed by atoms with Crippen molar-refractivity contribution < 1.29 is 14.6 Å². The molecule has 0 aliphatic carbocycles. The van der Waals surface area contributed by atoms with Crippen LogP contribution in [0.15, 0.2) is 18.2 Å². The van der Waals surface area contributed by atoms with Crippen LogP contribution in [0, 0.1) is 0 Å². The fourth-order valence-electron chi connectivity index (χ4n) is 2.25. The number of nitrogens with one attached hydrogen (secondary N) is 1. The van der Waals surface area contributed by atoms with Crippen molar-refractivity contribution in [3.05, 3.63) is 23.8 Å². The first-order chi connectivity index (χ1) is 9.29. The number of anilines is 2. The van der Waals surface area contributed by atoms with E-state index in [0.29, 0.717) is 32.5 Å². The maximum absolute atomic E-state index is 8.53. The Morgan fingerprint density at radius 3 is 2.79 bits per heavy atom. The van der Waals surface area contributed by atoms with Gasteiger partial charge in [-0.05, 0) is 36.6 Å². The molecule has 1 unspecified atom stereocenters. The highest BCUT2D eigenvalue weighted by atomic mass is 16.5. The van der Waals surface area contributed by atoms with Crippen LogP contribution in [0.2, 0.25) is 0 Å². The SMILES string of the molecule is Nc1ccc2c(c1)CC(CCOCCOCCO)N2. The van der Waals surface area contributed by atoms with Gasteiger partial charge in [0.15, 0.2) is 0 Å². The van der Waals surface area contributed by atoms with Crippen molar-refractivity contribution in [2.45, 2.75) is 18.9 Å². The molecule has 4 N–H and O–H groups in total. The normalized spacial score (nSPS) is 17.2. The molecule has 0 amide bonds. The predicted octanol–water partition coefficient (Wildman–Crippen LogP) is 1.02. The zero-order valence-corrected chi connectivity index (χ0v) is 11.1. The van der Waals surface area contributed by atoms with Crippen molar-refractivity contribution in [1.82, 2.24) is 0 Å². The van der Waals surface area contributed by atoms with Crippen LogP contribution < -0.4 is 11.1 Å². The second-order valence-corrected chi connectivity index (χ2v) is 4.70. The zero-order valence-electron chi connectivity index (χ0n) is 11.1. The topological polar surface area (TPSA) is 76.7 Å². The number of hydrogen-bond donors (Lipinski definition) is 3. The van der Waals surface area contributed by atoms with E-state index in [-0.39, 0.29) is 6.61 Å². The molecule has 19 heavy (non-hydrogen) atoms. The fraction of sp³-hybridized carbons (Fsp3) is 0.571. The van der Waals surface area contributed by atoms with Crippen LogP contribution in [0.1, 0.15) is 12.0 Å². The van der Waals surface area contributed by atoms with Crippen LogP contribution in [0.3, 0.4) is 0 Å². The molecule has 0 spiro atoms. The van der Waals surface area contributed by atoms with Gasteiger partial charge in [-0.25, -0.2) is 0 Å². The number of aliphatic hydroxyl groups is 1. The van der Waals surface area contributed by atoms with E-state index in [2.05, 4.69) is 5.32 Å². The number of benzene rings is 1. The third-order valence-corrected chi connectivity index (χ3v) is 3.17. The lowest BCUT2D eigenvalue weighted by molar-refractivity contribution is 0.0318. The first kappa shape index (κ1) is 14.1. The van der Waals surface area contributed by atoms with Crippen molar-refractivity contribution in [3.63, 3.8) is 0 Å². The fourth-order valence-corrected chi connectivity index (χ4v) is 2.25. The van der Waals surface area contributed by atoms with Crippen molar-refractivity contribution in [2.24, 2.45) is 0 Å². The molecule has 2 rings (SSSR count). The van der Waals surface area contributed by atoms with Gasteiger partial charge in [0.2, 0.25) is 0 Å². The van der Waals surface area contributed by atoms with Crippen LogP contribution in [0.4, 0.5) is 11.4 Å². The number of ether oxygens (including phenoxy) is 2. The van der Waals surface area contributed by atoms with Gasteiger partial charge in [0, 0.05) is 24.0 Å². The lowest BCUT2D eigenvalue weighted by Gasteiger charge is -2.11. The van der Waals surface area contributed by atoms with Gasteiger partial charge in [-0.1, -0.05) is 0 Å². The van der Waals surface area contributed by atoms with Gasteiger partial charge in [0.1, 0.15) is 0 Å². The van der Waals surface area contributed by atoms with Gasteiger partial charge in [-0.15, -0.1) is 0 Å². The third kappa shape index (κ3) is 4.38. The molecule has 1 aliphatic rings. The van der Waals surface area contributed by atoms with E-state index in [1.807, 2.05) is 18.2 Å². The van der Waals surface area contributed by atoms with E-state index in [4.69, 9.17) is 20.3 Å². The van der Waals surface area contributed by atoms with Gasteiger partial charge in [0.05, 0.1) is 26.4 Å². The van der Waals surface area contributed by atoms with Gasteiger partial charge < -0.3 is 25.6 Å². The number of nitrogens with two attached hydrogens (primary N) is 1. The van der Waals surface area contributed by atoms with Crippen LogP contribution in [0.5, 0.6) is 0 Å². The molecular weight excluding hydrogens is 244 g/mol. The smallest absolute Gasteiger partial charge is 0.0701 e. The molecule has 106 valence electrons. The van der Waals surface area contributed by atoms with E-state index < -0.39 is 0 Å². The van der Waals surface area contributed by atoms with Gasteiger partial charge in [0.25, 0.3) is 0 Å². The molecule has 0 radical (unpaired) electrons. The first-order valence-corrected chi connectivity index (χ1v) is 6.71. The van der Waals surface area contributed by atoms with Crippen molar-refractivity contribution >= 4 is 11.4 Å². The Balaban J connectivity index is 1.59. The maximum atomic E-state index is 8.53. The van der Waals surface area contributed by atoms with E-state index in [1.165, 1.54) is 11.3 Å². The molecule has 1 aromatic rings. The van der Waals surface area contributed by atoms with Gasteiger partial charge >= 0.3 is 0 Å². The Bertz CT molecular complexity index is 398. The van der Waals surface area contributed by atoms with Gasteiger partial charge in [-0.2, -0.15) is 0 Å². The summed E-state index contributed by atoms with van der Waals surface area (Å²) in [5.41, 5.74) is 9.06. The van der Waals surface area contributed by atoms with Crippen LogP contribution in [0.25, 0.3) is 0 Å². The summed E-state index contributed by atoms with van der Waals surface area (Å²) < 4.78 is 10.6. The van der Waals surface area contributed by atoms with Crippen LogP contribution >= 0.6 is 0 Å². The number of hydrogen-bond acceptors (Lipinski definition) is 5. The molecule has 0 saturated heterocycles. The molecule has 0 fully saturated rings. The monoisotopic (exact) mass is 266 g/mol. The summed E-state index contributed by atoms with van der Waals surface area (Å²) in [6.45, 7) is 2.27. The summed E-state index contributed by atoms with van der Waals surface area (Å²) in [5, 5.41) is 12.0. The third-order valence-electron chi connectivity index (χ3n) is 3.17. The molecular formula is C14H22N2O3. The summed E-state index contributed by atoms with van der Waals surface area (Å²) >= 11 is 0. The minimum atomic E-state index is 0.0629. The van der Waals surface area contributed by atoms with Crippen molar-refractivity contribution in [3.8, 4) is 0 Å². The lowest BCUT2D eigenvalue weighted by Crippen LogP contribution is -2.18. The molecule has 0 aromatic heterocycles. The molecule has 1 aliphatic heterocycles. The average Bonchev–Trinajstić information content (AvgIpc) is 2.79. The van der Waals surface area contributed by atoms with E-state index in [9.17, 15) is 0 Å². The molecule has 1 aromatic carbocycles. The second-order valence-electron chi connectivity index (χ2n) is 4.70. The highest BCUT2D eigenvalue weighted by molar-refractivity contribution is 5.62. The highest BCUT2D eigenvalue weighted by Gasteiger charge is 2.19. The average molecular weight is 266 g/mol. The van der Waals surface area contributed by atoms with Crippen LogP contribution in [-0.4, -0.2) is 44.2 Å². The summed E-state index contributed by atoms with van der Waals surface area (Å²) in [6, 6.07) is 6.42. The maximum Gasteiger partial charge on any atom is 0.0701 e. The summed E-state index contributed by atoms with van der Waals surface area (Å²) in [6.07, 6.45) is 1.97. The summed E-state index contributed by atoms with van der Waals surface area (Å²) in [4.78, 5) is 0. The first-order valence-electron chi connectivity index (χ1n) is 6.71. The van der Waals surface area contributed by atoms with Crippen molar-refractivity contribution in [2.75, 3.05) is 44.1 Å². The predicted molar refractivity (Wildman–Crippen MR) is 75.3 cm³/mol. The lowest BCUT2D eigenvalue weighted by atomic mass is 10.1. The molecule has 5 heteroatoms. The number of nitrogen functional groups attached to an aromatic ring is 1. The van der Waals surface area contributed by atoms with Crippen molar-refractivity contribution in [1.29, 1.82) is 0 Å². The standard InChI is InChI=1S/C14H22N2O3/c15-12-1-2-14-11(9-12)10-13(16-14)3-5-18-7-8-19-6-4-17/h1-2,9,13,16-17H,3-8,10,15H2. The summed E-state index contributed by atoms with van der Waals surface area (Å²) in [7, 11) is 0. The van der Waals surface area contributed by atoms with E-state index >= 15 is 0 Å². The Labute approximate surface area is 113 Å². The molecule has 0 bridgehead atoms. The molecule has 5 nitrogen and oxygen atoms in total. The Hall–Kier alpha value is -1.30. The van der Waals surface area contributed by atoms with E-state index in [1.54, 1.807) is 0 Å². The van der Waals surface area contributed by atoms with E-state index in [0.717, 1.165) is 18.5 Å². The zero-order chi connectivity index (χ0) is 13.5. The molecule has 0 saturated carbocycles. The number of fused-ring (bicyclic) bond motifs is 1. The Morgan fingerprint density at radius 1 is 1.21 bits per heavy atom. The molecule has 1 heterocycles. The minimum absolute atomic E-state index is 0.0629. The van der Waals surface area contributed by atoms with Gasteiger partial charge in [-0.3, -0.25) is 0 Å². The second kappa shape index (κ2) is 7.33. The Morgan fingerprint density at radius 2 is 2.00 bits per heavy atom. The highest BCUT2D eigenvalue weighted by Crippen LogP contribution is 2.28. The molecule has 1 atom stereocenters. The Kier molecular flexibility index (Phi) is 5.44. The minimum Gasteiger partial charge on any atom is -0.399 e. The van der Waals surface area contributed by atoms with Crippen LogP contribution in [-0.2, 0) is 15.9 Å². The number of aliphatic hydroxyl groups excluding tert-OH is 1. The quantitative estimate of drug-likeness (QED) is 0.484. The largest absolute Gasteiger partial charge is 0.399 e. The number of rotatable bonds is 8.